The highest BCUT2D eigenvalue weighted by molar-refractivity contribution is 7.91. The molecule has 1 atom stereocenters. The summed E-state index contributed by atoms with van der Waals surface area (Å²) in [5.74, 6) is 2.22. The zero-order valence-electron chi connectivity index (χ0n) is 13.1. The smallest absolute Gasteiger partial charge is 0.152 e. The summed E-state index contributed by atoms with van der Waals surface area (Å²) in [4.78, 5) is 15.2. The van der Waals surface area contributed by atoms with Gasteiger partial charge in [-0.05, 0) is 13.5 Å². The van der Waals surface area contributed by atoms with Gasteiger partial charge in [-0.3, -0.25) is 0 Å². The molecule has 2 fully saturated rings. The molecule has 3 rings (SSSR count). The van der Waals surface area contributed by atoms with E-state index in [9.17, 15) is 8.42 Å². The molecule has 0 N–H and O–H groups in total. The van der Waals surface area contributed by atoms with Crippen molar-refractivity contribution in [3.63, 3.8) is 0 Å². The number of sulfone groups is 1. The first-order valence-electron chi connectivity index (χ1n) is 7.63. The van der Waals surface area contributed by atoms with E-state index in [1.807, 2.05) is 18.0 Å². The minimum atomic E-state index is -2.89. The molecule has 8 heteroatoms. The van der Waals surface area contributed by atoms with E-state index < -0.39 is 9.84 Å². The second-order valence-corrected chi connectivity index (χ2v) is 8.42. The predicted molar refractivity (Wildman–Crippen MR) is 87.2 cm³/mol. The average Bonchev–Trinajstić information content (AvgIpc) is 2.87. The second-order valence-electron chi connectivity index (χ2n) is 6.19. The fourth-order valence-corrected chi connectivity index (χ4v) is 4.78. The lowest BCUT2D eigenvalue weighted by Crippen LogP contribution is -2.45. The van der Waals surface area contributed by atoms with Crippen molar-refractivity contribution in [2.45, 2.75) is 12.5 Å². The van der Waals surface area contributed by atoms with Gasteiger partial charge in [0.1, 0.15) is 18.0 Å². The molecule has 0 saturated carbocycles. The maximum Gasteiger partial charge on any atom is 0.152 e. The zero-order valence-corrected chi connectivity index (χ0v) is 14.0. The zero-order chi connectivity index (χ0) is 15.7. The Balaban J connectivity index is 1.73. The quantitative estimate of drug-likeness (QED) is 0.765. The molecule has 7 nitrogen and oxygen atoms in total. The Morgan fingerprint density at radius 2 is 1.95 bits per heavy atom. The Bertz CT molecular complexity index is 628. The number of likely N-dealkylation sites (N-methyl/N-ethyl adjacent to an activating group) is 1. The van der Waals surface area contributed by atoms with E-state index in [0.29, 0.717) is 6.42 Å². The second kappa shape index (κ2) is 6.00. The molecule has 122 valence electrons. The summed E-state index contributed by atoms with van der Waals surface area (Å²) in [5.41, 5.74) is 0. The summed E-state index contributed by atoms with van der Waals surface area (Å²) in [6.07, 6.45) is 2.25. The third-order valence-corrected chi connectivity index (χ3v) is 6.33. The van der Waals surface area contributed by atoms with Gasteiger partial charge in [-0.15, -0.1) is 0 Å². The summed E-state index contributed by atoms with van der Waals surface area (Å²) in [7, 11) is 1.15. The lowest BCUT2D eigenvalue weighted by atomic mass is 10.2. The SMILES string of the molecule is CN1CCN(c2cc(N(C)C3CCS(=O)(=O)C3)ncn2)CC1. The highest BCUT2D eigenvalue weighted by Crippen LogP contribution is 2.23. The van der Waals surface area contributed by atoms with Gasteiger partial charge in [0.2, 0.25) is 0 Å². The van der Waals surface area contributed by atoms with Gasteiger partial charge in [-0.25, -0.2) is 18.4 Å². The lowest BCUT2D eigenvalue weighted by Gasteiger charge is -2.33. The molecule has 0 spiro atoms. The predicted octanol–water partition coefficient (Wildman–Crippen LogP) is -0.148. The molecule has 22 heavy (non-hydrogen) atoms. The van der Waals surface area contributed by atoms with E-state index in [0.717, 1.165) is 37.8 Å². The van der Waals surface area contributed by atoms with Crippen LogP contribution in [0, 0.1) is 0 Å². The van der Waals surface area contributed by atoms with Crippen molar-refractivity contribution in [3.05, 3.63) is 12.4 Å². The number of aromatic nitrogens is 2. The molecule has 0 amide bonds. The Labute approximate surface area is 131 Å². The van der Waals surface area contributed by atoms with Crippen LogP contribution in [0.25, 0.3) is 0 Å². The van der Waals surface area contributed by atoms with E-state index >= 15 is 0 Å². The van der Waals surface area contributed by atoms with Gasteiger partial charge >= 0.3 is 0 Å². The normalized spacial score (nSPS) is 25.4. The molecule has 1 aromatic rings. The number of hydrogen-bond acceptors (Lipinski definition) is 7. The third-order valence-electron chi connectivity index (χ3n) is 4.58. The summed E-state index contributed by atoms with van der Waals surface area (Å²) in [5, 5.41) is 0. The molecule has 1 aromatic heterocycles. The molecule has 0 aliphatic carbocycles. The van der Waals surface area contributed by atoms with Crippen LogP contribution in [0.3, 0.4) is 0 Å². The minimum absolute atomic E-state index is 0.0141. The number of nitrogens with zero attached hydrogens (tertiary/aromatic N) is 5. The van der Waals surface area contributed by atoms with E-state index in [-0.39, 0.29) is 17.5 Å². The highest BCUT2D eigenvalue weighted by Gasteiger charge is 2.31. The Morgan fingerprint density at radius 3 is 2.59 bits per heavy atom. The van der Waals surface area contributed by atoms with Gasteiger partial charge < -0.3 is 14.7 Å². The van der Waals surface area contributed by atoms with Crippen molar-refractivity contribution in [3.8, 4) is 0 Å². The first kappa shape index (κ1) is 15.5. The number of hydrogen-bond donors (Lipinski definition) is 0. The molecule has 1 unspecified atom stereocenters. The average molecular weight is 325 g/mol. The first-order valence-corrected chi connectivity index (χ1v) is 9.45. The summed E-state index contributed by atoms with van der Waals surface area (Å²) < 4.78 is 23.3. The van der Waals surface area contributed by atoms with Gasteiger partial charge in [0, 0.05) is 45.3 Å². The monoisotopic (exact) mass is 325 g/mol. The van der Waals surface area contributed by atoms with Crippen LogP contribution in [0.2, 0.25) is 0 Å². The van der Waals surface area contributed by atoms with E-state index in [1.54, 1.807) is 6.33 Å². The standard InChI is InChI=1S/C14H23N5O2S/c1-17-4-6-19(7-5-17)14-9-13(15-11-16-14)18(2)12-3-8-22(20,21)10-12/h9,11-12H,3-8,10H2,1-2H3. The van der Waals surface area contributed by atoms with Gasteiger partial charge in [-0.1, -0.05) is 0 Å². The van der Waals surface area contributed by atoms with Gasteiger partial charge in [0.25, 0.3) is 0 Å². The van der Waals surface area contributed by atoms with E-state index in [1.165, 1.54) is 0 Å². The lowest BCUT2D eigenvalue weighted by molar-refractivity contribution is 0.312. The highest BCUT2D eigenvalue weighted by atomic mass is 32.2. The minimum Gasteiger partial charge on any atom is -0.355 e. The first-order chi connectivity index (χ1) is 10.4. The van der Waals surface area contributed by atoms with Crippen molar-refractivity contribution in [1.29, 1.82) is 0 Å². The molecular weight excluding hydrogens is 302 g/mol. The Kier molecular flexibility index (Phi) is 4.22. The van der Waals surface area contributed by atoms with Crippen molar-refractivity contribution >= 4 is 21.5 Å². The van der Waals surface area contributed by atoms with Crippen LogP contribution in [-0.4, -0.2) is 81.1 Å². The fourth-order valence-electron chi connectivity index (χ4n) is 3.01. The molecule has 2 aliphatic rings. The van der Waals surface area contributed by atoms with Crippen LogP contribution in [0.4, 0.5) is 11.6 Å². The molecule has 0 aromatic carbocycles. The topological polar surface area (TPSA) is 69.6 Å². The van der Waals surface area contributed by atoms with Crippen LogP contribution in [0.5, 0.6) is 0 Å². The van der Waals surface area contributed by atoms with Gasteiger partial charge in [-0.2, -0.15) is 0 Å². The largest absolute Gasteiger partial charge is 0.355 e. The van der Waals surface area contributed by atoms with Gasteiger partial charge in [0.15, 0.2) is 9.84 Å². The van der Waals surface area contributed by atoms with Crippen molar-refractivity contribution in [1.82, 2.24) is 14.9 Å². The van der Waals surface area contributed by atoms with Crippen LogP contribution in [-0.2, 0) is 9.84 Å². The molecule has 3 heterocycles. The number of rotatable bonds is 3. The van der Waals surface area contributed by atoms with E-state index in [2.05, 4.69) is 26.8 Å². The van der Waals surface area contributed by atoms with Crippen LogP contribution in [0.15, 0.2) is 12.4 Å². The Hall–Kier alpha value is -1.41. The van der Waals surface area contributed by atoms with E-state index in [4.69, 9.17) is 0 Å². The van der Waals surface area contributed by atoms with Gasteiger partial charge in [0.05, 0.1) is 11.5 Å². The maximum atomic E-state index is 11.6. The summed E-state index contributed by atoms with van der Waals surface area (Å²) >= 11 is 0. The maximum absolute atomic E-state index is 11.6. The molecule has 2 aliphatic heterocycles. The Morgan fingerprint density at radius 1 is 1.23 bits per heavy atom. The van der Waals surface area contributed by atoms with Crippen molar-refractivity contribution in [2.24, 2.45) is 0 Å². The molecule has 0 bridgehead atoms. The summed E-state index contributed by atoms with van der Waals surface area (Å²) in [6, 6.07) is 1.98. The number of piperazine rings is 1. The van der Waals surface area contributed by atoms with Crippen molar-refractivity contribution in [2.75, 3.05) is 61.6 Å². The molecule has 2 saturated heterocycles. The number of anilines is 2. The molecular formula is C14H23N5O2S. The third kappa shape index (κ3) is 3.33. The summed E-state index contributed by atoms with van der Waals surface area (Å²) in [6.45, 7) is 3.95. The fraction of sp³-hybridized carbons (Fsp3) is 0.714. The van der Waals surface area contributed by atoms with Crippen LogP contribution < -0.4 is 9.80 Å². The molecule has 0 radical (unpaired) electrons. The van der Waals surface area contributed by atoms with Crippen molar-refractivity contribution < 1.29 is 8.42 Å². The van der Waals surface area contributed by atoms with Crippen LogP contribution in [0.1, 0.15) is 6.42 Å². The van der Waals surface area contributed by atoms with Crippen LogP contribution >= 0.6 is 0 Å².